The van der Waals surface area contributed by atoms with E-state index >= 15 is 0 Å². The van der Waals surface area contributed by atoms with E-state index in [9.17, 15) is 9.59 Å². The smallest absolute Gasteiger partial charge is 0.330 e. The molecule has 0 aromatic heterocycles. The second-order valence-corrected chi connectivity index (χ2v) is 10.4. The quantitative estimate of drug-likeness (QED) is 0.477. The second kappa shape index (κ2) is 7.15. The zero-order chi connectivity index (χ0) is 20.1. The van der Waals surface area contributed by atoms with Gasteiger partial charge in [-0.1, -0.05) is 32.4 Å². The highest BCUT2D eigenvalue weighted by molar-refractivity contribution is 5.91. The third-order valence-electron chi connectivity index (χ3n) is 9.41. The lowest BCUT2D eigenvalue weighted by atomic mass is 9.46. The van der Waals surface area contributed by atoms with Crippen molar-refractivity contribution in [3.63, 3.8) is 0 Å². The molecule has 3 saturated carbocycles. The third-order valence-corrected chi connectivity index (χ3v) is 9.41. The summed E-state index contributed by atoms with van der Waals surface area (Å²) in [5.41, 5.74) is 2.09. The van der Waals surface area contributed by atoms with Gasteiger partial charge in [-0.3, -0.25) is 4.79 Å². The van der Waals surface area contributed by atoms with Crippen LogP contribution in [0.5, 0.6) is 0 Å². The summed E-state index contributed by atoms with van der Waals surface area (Å²) in [5, 5.41) is 0. The van der Waals surface area contributed by atoms with Gasteiger partial charge in [-0.2, -0.15) is 0 Å². The van der Waals surface area contributed by atoms with Gasteiger partial charge in [0, 0.05) is 12.5 Å². The van der Waals surface area contributed by atoms with Crippen molar-refractivity contribution in [2.24, 2.45) is 40.4 Å². The fraction of sp³-hybridized carbons (Fsp3) is 0.760. The van der Waals surface area contributed by atoms with Crippen molar-refractivity contribution in [3.8, 4) is 0 Å². The lowest BCUT2D eigenvalue weighted by Crippen LogP contribution is -2.50. The van der Waals surface area contributed by atoms with E-state index in [0.717, 1.165) is 37.0 Å². The lowest BCUT2D eigenvalue weighted by molar-refractivity contribution is -0.134. The van der Waals surface area contributed by atoms with Crippen LogP contribution in [0.25, 0.3) is 0 Å². The Bertz CT molecular complexity index is 719. The van der Waals surface area contributed by atoms with E-state index in [-0.39, 0.29) is 11.4 Å². The summed E-state index contributed by atoms with van der Waals surface area (Å²) in [6.07, 6.45) is 15.1. The molecule has 3 nitrogen and oxygen atoms in total. The van der Waals surface area contributed by atoms with Crippen LogP contribution in [0.1, 0.15) is 72.1 Å². The lowest BCUT2D eigenvalue weighted by Gasteiger charge is -2.58. The van der Waals surface area contributed by atoms with Gasteiger partial charge in [-0.15, -0.1) is 0 Å². The van der Waals surface area contributed by atoms with Crippen LogP contribution in [0.2, 0.25) is 0 Å². The predicted octanol–water partition coefficient (Wildman–Crippen LogP) is 5.50. The second-order valence-electron chi connectivity index (χ2n) is 10.4. The normalized spacial score (nSPS) is 43.7. The number of ketones is 1. The molecule has 0 aromatic rings. The first kappa shape index (κ1) is 19.9. The Morgan fingerprint density at radius 3 is 2.68 bits per heavy atom. The maximum absolute atomic E-state index is 12.0. The molecule has 28 heavy (non-hydrogen) atoms. The molecule has 0 N–H and O–H groups in total. The van der Waals surface area contributed by atoms with Crippen molar-refractivity contribution < 1.29 is 14.3 Å². The molecule has 3 fully saturated rings. The fourth-order valence-electron chi connectivity index (χ4n) is 7.90. The molecule has 0 aliphatic heterocycles. The highest BCUT2D eigenvalue weighted by Gasteiger charge is 2.59. The number of esters is 1. The molecule has 0 bridgehead atoms. The average Bonchev–Trinajstić information content (AvgIpc) is 3.03. The van der Waals surface area contributed by atoms with Gasteiger partial charge in [0.1, 0.15) is 0 Å². The van der Waals surface area contributed by atoms with E-state index in [1.165, 1.54) is 44.8 Å². The van der Waals surface area contributed by atoms with Gasteiger partial charge < -0.3 is 4.74 Å². The average molecular weight is 385 g/mol. The molecule has 0 heterocycles. The van der Waals surface area contributed by atoms with Crippen molar-refractivity contribution >= 4 is 11.8 Å². The molecule has 154 valence electrons. The van der Waals surface area contributed by atoms with E-state index in [2.05, 4.69) is 26.8 Å². The zero-order valence-corrected chi connectivity index (χ0v) is 18.0. The maximum atomic E-state index is 12.0. The Labute approximate surface area is 170 Å². The van der Waals surface area contributed by atoms with Gasteiger partial charge >= 0.3 is 5.97 Å². The maximum Gasteiger partial charge on any atom is 0.330 e. The van der Waals surface area contributed by atoms with E-state index in [1.807, 2.05) is 6.08 Å². The largest absolute Gasteiger partial charge is 0.466 e. The Hall–Kier alpha value is -1.38. The number of ether oxygens (including phenoxy) is 1. The monoisotopic (exact) mass is 384 g/mol. The van der Waals surface area contributed by atoms with Crippen LogP contribution in [0.4, 0.5) is 0 Å². The van der Waals surface area contributed by atoms with Crippen LogP contribution in [-0.2, 0) is 14.3 Å². The number of carbonyl (C=O) groups excluding carboxylic acids is 2. The number of methoxy groups -OCH3 is 1. The Balaban J connectivity index is 1.55. The number of fused-ring (bicyclic) bond motifs is 5. The molecule has 0 amide bonds. The first-order valence-corrected chi connectivity index (χ1v) is 11.3. The van der Waals surface area contributed by atoms with Crippen molar-refractivity contribution in [1.82, 2.24) is 0 Å². The summed E-state index contributed by atoms with van der Waals surface area (Å²) >= 11 is 0. The summed E-state index contributed by atoms with van der Waals surface area (Å²) < 4.78 is 4.78. The molecule has 7 atom stereocenters. The summed E-state index contributed by atoms with van der Waals surface area (Å²) in [6, 6.07) is 0. The van der Waals surface area contributed by atoms with Crippen molar-refractivity contribution in [2.75, 3.05) is 7.11 Å². The summed E-state index contributed by atoms with van der Waals surface area (Å²) in [4.78, 5) is 23.5. The van der Waals surface area contributed by atoms with Crippen LogP contribution < -0.4 is 0 Å². The van der Waals surface area contributed by atoms with Gasteiger partial charge in [-0.05, 0) is 91.4 Å². The van der Waals surface area contributed by atoms with Crippen molar-refractivity contribution in [2.45, 2.75) is 72.1 Å². The Kier molecular flexibility index (Phi) is 5.08. The van der Waals surface area contributed by atoms with Crippen LogP contribution >= 0.6 is 0 Å². The molecule has 4 aliphatic rings. The van der Waals surface area contributed by atoms with Crippen molar-refractivity contribution in [3.05, 3.63) is 23.8 Å². The molecule has 0 aromatic carbocycles. The number of hydrogen-bond acceptors (Lipinski definition) is 3. The molecule has 4 aliphatic carbocycles. The van der Waals surface area contributed by atoms with Crippen LogP contribution in [0, 0.1) is 40.4 Å². The molecule has 0 radical (unpaired) electrons. The minimum absolute atomic E-state index is 0.248. The van der Waals surface area contributed by atoms with Gasteiger partial charge in [0.15, 0.2) is 5.78 Å². The Morgan fingerprint density at radius 2 is 1.93 bits per heavy atom. The summed E-state index contributed by atoms with van der Waals surface area (Å²) in [6.45, 7) is 7.27. The predicted molar refractivity (Wildman–Crippen MR) is 111 cm³/mol. The molecule has 3 heteroatoms. The Morgan fingerprint density at radius 1 is 1.14 bits per heavy atom. The van der Waals surface area contributed by atoms with Gasteiger partial charge in [0.2, 0.25) is 0 Å². The topological polar surface area (TPSA) is 43.4 Å². The van der Waals surface area contributed by atoms with Gasteiger partial charge in [0.05, 0.1) is 7.11 Å². The fourth-order valence-corrected chi connectivity index (χ4v) is 7.90. The molecular formula is C25H36O3. The minimum Gasteiger partial charge on any atom is -0.466 e. The van der Waals surface area contributed by atoms with E-state index in [0.29, 0.717) is 23.0 Å². The van der Waals surface area contributed by atoms with Crippen LogP contribution in [-0.4, -0.2) is 18.9 Å². The summed E-state index contributed by atoms with van der Waals surface area (Å²) in [7, 11) is 1.44. The van der Waals surface area contributed by atoms with Crippen LogP contribution in [0.15, 0.2) is 23.8 Å². The minimum atomic E-state index is -0.248. The van der Waals surface area contributed by atoms with Gasteiger partial charge in [0.25, 0.3) is 0 Å². The number of rotatable bonds is 3. The van der Waals surface area contributed by atoms with Crippen molar-refractivity contribution in [1.29, 1.82) is 0 Å². The van der Waals surface area contributed by atoms with E-state index in [4.69, 9.17) is 4.74 Å². The van der Waals surface area contributed by atoms with Gasteiger partial charge in [-0.25, -0.2) is 4.79 Å². The molecule has 0 saturated heterocycles. The standard InChI is InChI=1S/C25H36O3/c1-16(5-10-23(27)28-4)20-8-9-21-19-7-6-17-15-18(26)11-13-24(17,2)22(19)12-14-25(20,21)3/h5,10,15-16,19-22H,6-9,11-14H2,1-4H3/b10-5+/t16-,19?,20-,21?,22?,24+,25-/m1/s1. The first-order valence-electron chi connectivity index (χ1n) is 11.3. The highest BCUT2D eigenvalue weighted by atomic mass is 16.5. The SMILES string of the molecule is COC(=O)/C=C/[C@@H](C)[C@H]1CCC2C3CCC4=CC(=O)CC[C@]4(C)C3CC[C@@]21C. The summed E-state index contributed by atoms with van der Waals surface area (Å²) in [5.74, 6) is 3.50. The first-order chi connectivity index (χ1) is 13.3. The van der Waals surface area contributed by atoms with E-state index in [1.54, 1.807) is 6.08 Å². The number of hydrogen-bond donors (Lipinski definition) is 0. The zero-order valence-electron chi connectivity index (χ0n) is 18.0. The number of allylic oxidation sites excluding steroid dienone is 2. The third kappa shape index (κ3) is 3.00. The molecule has 0 spiro atoms. The molecule has 4 rings (SSSR count). The highest BCUT2D eigenvalue weighted by Crippen LogP contribution is 2.67. The van der Waals surface area contributed by atoms with E-state index < -0.39 is 0 Å². The number of carbonyl (C=O) groups is 2. The molecular weight excluding hydrogens is 348 g/mol. The molecule has 3 unspecified atom stereocenters. The van der Waals surface area contributed by atoms with Crippen LogP contribution in [0.3, 0.4) is 0 Å².